The molecule has 0 saturated carbocycles. The Morgan fingerprint density at radius 1 is 0.826 bits per heavy atom. The summed E-state index contributed by atoms with van der Waals surface area (Å²) < 4.78 is 1.03. The van der Waals surface area contributed by atoms with Crippen LogP contribution < -0.4 is 5.32 Å². The quantitative estimate of drug-likeness (QED) is 0.484. The van der Waals surface area contributed by atoms with Crippen LogP contribution >= 0.6 is 45.9 Å². The molecule has 4 rings (SSSR count). The molecule has 0 bridgehead atoms. The molecule has 2 aromatic heterocycles. The van der Waals surface area contributed by atoms with Crippen LogP contribution in [0.3, 0.4) is 0 Å². The Labute approximate surface area is 149 Å². The fourth-order valence-electron chi connectivity index (χ4n) is 2.03. The number of hydrogen-bond donors (Lipinski definition) is 1. The van der Waals surface area contributed by atoms with Crippen LogP contribution in [0.1, 0.15) is 0 Å². The molecule has 0 atom stereocenters. The Kier molecular flexibility index (Phi) is 3.90. The van der Waals surface area contributed by atoms with Crippen LogP contribution in [-0.4, -0.2) is 15.2 Å². The van der Waals surface area contributed by atoms with Crippen LogP contribution in [0.5, 0.6) is 0 Å². The molecule has 0 amide bonds. The van der Waals surface area contributed by atoms with Crippen molar-refractivity contribution in [1.82, 2.24) is 15.2 Å². The standard InChI is InChI=1S/C15H8Cl2N4S2/c16-9-3-1-8(2-4-9)13-20-21-15(23-13)19-14-18-11-6-5-10(17)7-12(11)22-14/h1-7H,(H,18,19,21). The van der Waals surface area contributed by atoms with E-state index in [-0.39, 0.29) is 0 Å². The average Bonchev–Trinajstić information content (AvgIpc) is 3.14. The highest BCUT2D eigenvalue weighted by Crippen LogP contribution is 2.33. The number of hydrogen-bond acceptors (Lipinski definition) is 6. The first-order chi connectivity index (χ1) is 11.2. The molecule has 0 aliphatic heterocycles. The minimum Gasteiger partial charge on any atom is -0.306 e. The maximum atomic E-state index is 6.00. The summed E-state index contributed by atoms with van der Waals surface area (Å²) >= 11 is 14.9. The van der Waals surface area contributed by atoms with Gasteiger partial charge in [-0.25, -0.2) is 4.98 Å². The number of aromatic nitrogens is 3. The number of thiazole rings is 1. The fourth-order valence-corrected chi connectivity index (χ4v) is 4.11. The summed E-state index contributed by atoms with van der Waals surface area (Å²) in [5.74, 6) is 0. The zero-order chi connectivity index (χ0) is 15.8. The lowest BCUT2D eigenvalue weighted by Crippen LogP contribution is -1.87. The topological polar surface area (TPSA) is 50.7 Å². The van der Waals surface area contributed by atoms with Crippen LogP contribution in [0.25, 0.3) is 20.8 Å². The van der Waals surface area contributed by atoms with Gasteiger partial charge in [0.15, 0.2) is 5.13 Å². The first-order valence-corrected chi connectivity index (χ1v) is 8.99. The summed E-state index contributed by atoms with van der Waals surface area (Å²) in [4.78, 5) is 4.51. The molecule has 114 valence electrons. The van der Waals surface area contributed by atoms with Gasteiger partial charge in [-0.05, 0) is 30.3 Å². The molecule has 4 aromatic rings. The molecule has 0 unspecified atom stereocenters. The molecular formula is C15H8Cl2N4S2. The van der Waals surface area contributed by atoms with E-state index in [4.69, 9.17) is 23.2 Å². The summed E-state index contributed by atoms with van der Waals surface area (Å²) in [5, 5.41) is 15.2. The van der Waals surface area contributed by atoms with E-state index in [1.54, 1.807) is 0 Å². The summed E-state index contributed by atoms with van der Waals surface area (Å²) in [6.07, 6.45) is 0. The van der Waals surface area contributed by atoms with E-state index in [1.807, 2.05) is 42.5 Å². The van der Waals surface area contributed by atoms with E-state index < -0.39 is 0 Å². The molecule has 0 spiro atoms. The Morgan fingerprint density at radius 3 is 2.43 bits per heavy atom. The van der Waals surface area contributed by atoms with Crippen LogP contribution in [0, 0.1) is 0 Å². The van der Waals surface area contributed by atoms with Crippen LogP contribution in [0.2, 0.25) is 10.0 Å². The third kappa shape index (κ3) is 3.16. The van der Waals surface area contributed by atoms with Gasteiger partial charge in [-0.15, -0.1) is 10.2 Å². The lowest BCUT2D eigenvalue weighted by atomic mass is 10.2. The summed E-state index contributed by atoms with van der Waals surface area (Å²) in [5.41, 5.74) is 1.89. The molecule has 2 heterocycles. The number of benzene rings is 2. The van der Waals surface area contributed by atoms with Crippen molar-refractivity contribution in [3.05, 3.63) is 52.5 Å². The molecule has 4 nitrogen and oxygen atoms in total. The molecule has 0 fully saturated rings. The Hall–Kier alpha value is -1.73. The normalized spacial score (nSPS) is 11.0. The molecule has 8 heteroatoms. The highest BCUT2D eigenvalue weighted by atomic mass is 35.5. The Bertz CT molecular complexity index is 979. The minimum atomic E-state index is 0.695. The Balaban J connectivity index is 1.60. The predicted molar refractivity (Wildman–Crippen MR) is 98.3 cm³/mol. The number of nitrogens with one attached hydrogen (secondary N) is 1. The zero-order valence-corrected chi connectivity index (χ0v) is 14.6. The molecule has 0 aliphatic rings. The molecule has 0 aliphatic carbocycles. The van der Waals surface area contributed by atoms with Crippen molar-refractivity contribution in [3.8, 4) is 10.6 Å². The zero-order valence-electron chi connectivity index (χ0n) is 11.5. The summed E-state index contributed by atoms with van der Waals surface area (Å²) in [6.45, 7) is 0. The van der Waals surface area contributed by atoms with Crippen LogP contribution in [-0.2, 0) is 0 Å². The van der Waals surface area contributed by atoms with Crippen molar-refractivity contribution < 1.29 is 0 Å². The van der Waals surface area contributed by atoms with Crippen molar-refractivity contribution >= 4 is 66.4 Å². The average molecular weight is 379 g/mol. The third-order valence-corrected chi connectivity index (χ3v) is 5.39. The number of rotatable bonds is 3. The lowest BCUT2D eigenvalue weighted by Gasteiger charge is -1.95. The molecular weight excluding hydrogens is 371 g/mol. The van der Waals surface area contributed by atoms with Crippen molar-refractivity contribution in [2.75, 3.05) is 5.32 Å². The first-order valence-electron chi connectivity index (χ1n) is 6.60. The Morgan fingerprint density at radius 2 is 1.61 bits per heavy atom. The fraction of sp³-hybridized carbons (Fsp3) is 0. The second-order valence-corrected chi connectivity index (χ2v) is 7.56. The highest BCUT2D eigenvalue weighted by Gasteiger charge is 2.10. The minimum absolute atomic E-state index is 0.695. The smallest absolute Gasteiger partial charge is 0.212 e. The van der Waals surface area contributed by atoms with Gasteiger partial charge in [0.2, 0.25) is 5.13 Å². The van der Waals surface area contributed by atoms with Gasteiger partial charge in [-0.3, -0.25) is 0 Å². The molecule has 2 aromatic carbocycles. The second kappa shape index (κ2) is 6.05. The first kappa shape index (κ1) is 14.8. The van der Waals surface area contributed by atoms with Gasteiger partial charge in [0, 0.05) is 15.6 Å². The van der Waals surface area contributed by atoms with Gasteiger partial charge in [-0.2, -0.15) is 0 Å². The van der Waals surface area contributed by atoms with Crippen molar-refractivity contribution in [3.63, 3.8) is 0 Å². The largest absolute Gasteiger partial charge is 0.306 e. The number of halogens is 2. The van der Waals surface area contributed by atoms with Gasteiger partial charge in [0.05, 0.1) is 10.2 Å². The predicted octanol–water partition coefficient (Wildman–Crippen LogP) is 5.87. The maximum absolute atomic E-state index is 6.00. The van der Waals surface area contributed by atoms with Crippen molar-refractivity contribution in [2.45, 2.75) is 0 Å². The lowest BCUT2D eigenvalue weighted by molar-refractivity contribution is 1.10. The van der Waals surface area contributed by atoms with E-state index >= 15 is 0 Å². The number of nitrogens with zero attached hydrogens (tertiary/aromatic N) is 3. The third-order valence-electron chi connectivity index (χ3n) is 3.08. The number of anilines is 2. The van der Waals surface area contributed by atoms with Crippen LogP contribution in [0.4, 0.5) is 10.3 Å². The van der Waals surface area contributed by atoms with Gasteiger partial charge < -0.3 is 5.32 Å². The van der Waals surface area contributed by atoms with Gasteiger partial charge >= 0.3 is 0 Å². The van der Waals surface area contributed by atoms with E-state index in [2.05, 4.69) is 20.5 Å². The van der Waals surface area contributed by atoms with E-state index in [1.165, 1.54) is 22.7 Å². The van der Waals surface area contributed by atoms with Crippen molar-refractivity contribution in [1.29, 1.82) is 0 Å². The molecule has 23 heavy (non-hydrogen) atoms. The maximum Gasteiger partial charge on any atom is 0.212 e. The molecule has 0 radical (unpaired) electrons. The summed E-state index contributed by atoms with van der Waals surface area (Å²) in [7, 11) is 0. The SMILES string of the molecule is Clc1ccc(-c2nnc(Nc3nc4ccc(Cl)cc4s3)s2)cc1. The van der Waals surface area contributed by atoms with Gasteiger partial charge in [-0.1, -0.05) is 58.0 Å². The van der Waals surface area contributed by atoms with Crippen LogP contribution in [0.15, 0.2) is 42.5 Å². The summed E-state index contributed by atoms with van der Waals surface area (Å²) in [6, 6.07) is 13.2. The van der Waals surface area contributed by atoms with E-state index in [0.29, 0.717) is 15.2 Å². The highest BCUT2D eigenvalue weighted by molar-refractivity contribution is 7.23. The molecule has 1 N–H and O–H groups in total. The van der Waals surface area contributed by atoms with Gasteiger partial charge in [0.25, 0.3) is 0 Å². The monoisotopic (exact) mass is 378 g/mol. The van der Waals surface area contributed by atoms with E-state index in [0.717, 1.165) is 25.9 Å². The van der Waals surface area contributed by atoms with Gasteiger partial charge in [0.1, 0.15) is 5.01 Å². The van der Waals surface area contributed by atoms with Crippen molar-refractivity contribution in [2.24, 2.45) is 0 Å². The van der Waals surface area contributed by atoms with E-state index in [9.17, 15) is 0 Å². The second-order valence-electron chi connectivity index (χ2n) is 4.68. The number of fused-ring (bicyclic) bond motifs is 1. The molecule has 0 saturated heterocycles.